The molecule has 21 heavy (non-hydrogen) atoms. The third-order valence-corrected chi connectivity index (χ3v) is 3.23. The Hall–Kier alpha value is -1.50. The highest BCUT2D eigenvalue weighted by atomic mass is 35.5. The van der Waals surface area contributed by atoms with Crippen molar-refractivity contribution in [3.8, 4) is 11.5 Å². The van der Waals surface area contributed by atoms with Crippen LogP contribution in [0.5, 0.6) is 11.5 Å². The van der Waals surface area contributed by atoms with Gasteiger partial charge in [-0.25, -0.2) is 0 Å². The molecular formula is C14H21ClN2O4. The van der Waals surface area contributed by atoms with Gasteiger partial charge in [0.25, 0.3) is 0 Å². The fourth-order valence-electron chi connectivity index (χ4n) is 2.07. The first-order valence-corrected chi connectivity index (χ1v) is 6.50. The maximum absolute atomic E-state index is 12.1. The molecule has 1 unspecified atom stereocenters. The van der Waals surface area contributed by atoms with Gasteiger partial charge in [0.05, 0.1) is 27.4 Å². The number of carbonyl (C=O) groups is 1. The smallest absolute Gasteiger partial charge is 0.243 e. The van der Waals surface area contributed by atoms with Gasteiger partial charge in [-0.2, -0.15) is 0 Å². The largest absolute Gasteiger partial charge is 0.493 e. The minimum Gasteiger partial charge on any atom is -0.493 e. The fraction of sp³-hybridized carbons (Fsp3) is 0.500. The van der Waals surface area contributed by atoms with Crippen molar-refractivity contribution in [2.45, 2.75) is 13.0 Å². The molecule has 1 aromatic rings. The molecule has 0 saturated carbocycles. The maximum atomic E-state index is 12.1. The SMILES string of the molecule is COc1cc(C)c(NC(=O)C2COCCN2)cc1OC.Cl. The van der Waals surface area contributed by atoms with E-state index >= 15 is 0 Å². The van der Waals surface area contributed by atoms with Gasteiger partial charge in [0, 0.05) is 18.3 Å². The van der Waals surface area contributed by atoms with Crippen molar-refractivity contribution in [1.82, 2.24) is 5.32 Å². The highest BCUT2D eigenvalue weighted by Gasteiger charge is 2.22. The van der Waals surface area contributed by atoms with Gasteiger partial charge in [-0.1, -0.05) is 0 Å². The lowest BCUT2D eigenvalue weighted by atomic mass is 10.1. The number of halogens is 1. The third kappa shape index (κ3) is 4.23. The molecule has 1 atom stereocenters. The Morgan fingerprint density at radius 1 is 1.33 bits per heavy atom. The zero-order valence-corrected chi connectivity index (χ0v) is 13.2. The van der Waals surface area contributed by atoms with Gasteiger partial charge in [0.15, 0.2) is 11.5 Å². The van der Waals surface area contributed by atoms with Crippen LogP contribution in [0.2, 0.25) is 0 Å². The number of aryl methyl sites for hydroxylation is 1. The first-order valence-electron chi connectivity index (χ1n) is 6.50. The van der Waals surface area contributed by atoms with Crippen LogP contribution >= 0.6 is 12.4 Å². The van der Waals surface area contributed by atoms with Crippen LogP contribution in [0.3, 0.4) is 0 Å². The molecular weight excluding hydrogens is 296 g/mol. The van der Waals surface area contributed by atoms with E-state index in [1.54, 1.807) is 20.3 Å². The number of morpholine rings is 1. The molecule has 6 nitrogen and oxygen atoms in total. The molecule has 2 N–H and O–H groups in total. The molecule has 0 radical (unpaired) electrons. The second-order valence-corrected chi connectivity index (χ2v) is 4.59. The third-order valence-electron chi connectivity index (χ3n) is 3.23. The summed E-state index contributed by atoms with van der Waals surface area (Å²) in [4.78, 5) is 12.1. The Morgan fingerprint density at radius 3 is 2.57 bits per heavy atom. The molecule has 1 amide bonds. The lowest BCUT2D eigenvalue weighted by Gasteiger charge is -2.23. The Bertz CT molecular complexity index is 490. The molecule has 1 aromatic carbocycles. The van der Waals surface area contributed by atoms with E-state index in [1.165, 1.54) is 0 Å². The number of rotatable bonds is 4. The monoisotopic (exact) mass is 316 g/mol. The summed E-state index contributed by atoms with van der Waals surface area (Å²) in [6.45, 7) is 3.61. The van der Waals surface area contributed by atoms with Gasteiger partial charge in [-0.15, -0.1) is 12.4 Å². The van der Waals surface area contributed by atoms with Crippen molar-refractivity contribution < 1.29 is 19.0 Å². The van der Waals surface area contributed by atoms with E-state index in [9.17, 15) is 4.79 Å². The zero-order valence-electron chi connectivity index (χ0n) is 12.4. The van der Waals surface area contributed by atoms with Crippen molar-refractivity contribution >= 4 is 24.0 Å². The predicted molar refractivity (Wildman–Crippen MR) is 82.8 cm³/mol. The van der Waals surface area contributed by atoms with Crippen LogP contribution in [-0.4, -0.2) is 45.9 Å². The van der Waals surface area contributed by atoms with E-state index in [4.69, 9.17) is 14.2 Å². The number of hydrogen-bond donors (Lipinski definition) is 2. The highest BCUT2D eigenvalue weighted by molar-refractivity contribution is 5.96. The fourth-order valence-corrected chi connectivity index (χ4v) is 2.07. The summed E-state index contributed by atoms with van der Waals surface area (Å²) in [5.41, 5.74) is 1.62. The van der Waals surface area contributed by atoms with Crippen molar-refractivity contribution in [1.29, 1.82) is 0 Å². The van der Waals surface area contributed by atoms with Crippen LogP contribution in [0.1, 0.15) is 5.56 Å². The van der Waals surface area contributed by atoms with Gasteiger partial charge < -0.3 is 24.8 Å². The quantitative estimate of drug-likeness (QED) is 0.878. The van der Waals surface area contributed by atoms with Gasteiger partial charge in [-0.3, -0.25) is 4.79 Å². The van der Waals surface area contributed by atoms with E-state index in [-0.39, 0.29) is 24.4 Å². The summed E-state index contributed by atoms with van der Waals surface area (Å²) in [5.74, 6) is 1.11. The number of anilines is 1. The van der Waals surface area contributed by atoms with Gasteiger partial charge >= 0.3 is 0 Å². The average Bonchev–Trinajstić information content (AvgIpc) is 2.49. The summed E-state index contributed by atoms with van der Waals surface area (Å²) in [6.07, 6.45) is 0. The number of nitrogens with one attached hydrogen (secondary N) is 2. The topological polar surface area (TPSA) is 68.8 Å². The summed E-state index contributed by atoms with van der Waals surface area (Å²) >= 11 is 0. The predicted octanol–water partition coefficient (Wildman–Crippen LogP) is 1.36. The van der Waals surface area contributed by atoms with E-state index < -0.39 is 0 Å². The Kier molecular flexibility index (Phi) is 6.74. The second kappa shape index (κ2) is 8.07. The summed E-state index contributed by atoms with van der Waals surface area (Å²) in [6, 6.07) is 3.27. The number of benzene rings is 1. The first kappa shape index (κ1) is 17.6. The van der Waals surface area contributed by atoms with Crippen molar-refractivity contribution in [3.63, 3.8) is 0 Å². The number of carbonyl (C=O) groups excluding carboxylic acids is 1. The number of hydrogen-bond acceptors (Lipinski definition) is 5. The first-order chi connectivity index (χ1) is 9.65. The molecule has 0 spiro atoms. The van der Waals surface area contributed by atoms with E-state index in [2.05, 4.69) is 10.6 Å². The molecule has 1 aliphatic rings. The second-order valence-electron chi connectivity index (χ2n) is 4.59. The Morgan fingerprint density at radius 2 is 2.00 bits per heavy atom. The lowest BCUT2D eigenvalue weighted by Crippen LogP contribution is -2.48. The van der Waals surface area contributed by atoms with Crippen molar-refractivity contribution in [2.75, 3.05) is 39.3 Å². The van der Waals surface area contributed by atoms with Crippen LogP contribution in [0, 0.1) is 6.92 Å². The molecule has 118 valence electrons. The van der Waals surface area contributed by atoms with Crippen LogP contribution in [-0.2, 0) is 9.53 Å². The summed E-state index contributed by atoms with van der Waals surface area (Å²) < 4.78 is 15.8. The van der Waals surface area contributed by atoms with Crippen LogP contribution in [0.15, 0.2) is 12.1 Å². The zero-order chi connectivity index (χ0) is 14.5. The van der Waals surface area contributed by atoms with Gasteiger partial charge in [-0.05, 0) is 18.6 Å². The maximum Gasteiger partial charge on any atom is 0.243 e. The normalized spacial score (nSPS) is 17.6. The van der Waals surface area contributed by atoms with Crippen molar-refractivity contribution in [3.05, 3.63) is 17.7 Å². The molecule has 1 fully saturated rings. The standard InChI is InChI=1S/C14H20N2O4.ClH/c1-9-6-12(18-2)13(19-3)7-10(9)16-14(17)11-8-20-5-4-15-11;/h6-7,11,15H,4-5,8H2,1-3H3,(H,16,17);1H. The molecule has 0 aromatic heterocycles. The van der Waals surface area contributed by atoms with E-state index in [1.807, 2.05) is 13.0 Å². The minimum absolute atomic E-state index is 0. The van der Waals surface area contributed by atoms with Crippen LogP contribution in [0.4, 0.5) is 5.69 Å². The number of methoxy groups -OCH3 is 2. The van der Waals surface area contributed by atoms with Crippen molar-refractivity contribution in [2.24, 2.45) is 0 Å². The molecule has 7 heteroatoms. The molecule has 2 rings (SSSR count). The minimum atomic E-state index is -0.323. The van der Waals surface area contributed by atoms with Gasteiger partial charge in [0.2, 0.25) is 5.91 Å². The lowest BCUT2D eigenvalue weighted by molar-refractivity contribution is -0.120. The van der Waals surface area contributed by atoms with E-state index in [0.717, 1.165) is 5.56 Å². The average molecular weight is 317 g/mol. The summed E-state index contributed by atoms with van der Waals surface area (Å²) in [5, 5.41) is 6.01. The van der Waals surface area contributed by atoms with Crippen LogP contribution < -0.4 is 20.1 Å². The number of amides is 1. The Labute approximate surface area is 130 Å². The molecule has 0 aliphatic carbocycles. The van der Waals surface area contributed by atoms with E-state index in [0.29, 0.717) is 36.9 Å². The van der Waals surface area contributed by atoms with Gasteiger partial charge in [0.1, 0.15) is 6.04 Å². The Balaban J connectivity index is 0.00000220. The summed E-state index contributed by atoms with van der Waals surface area (Å²) in [7, 11) is 3.15. The molecule has 1 heterocycles. The highest BCUT2D eigenvalue weighted by Crippen LogP contribution is 2.32. The molecule has 1 aliphatic heterocycles. The number of ether oxygens (including phenoxy) is 3. The van der Waals surface area contributed by atoms with Crippen LogP contribution in [0.25, 0.3) is 0 Å². The molecule has 0 bridgehead atoms. The molecule has 1 saturated heterocycles.